The molecule has 0 radical (unpaired) electrons. The Balaban J connectivity index is 3.90. The van der Waals surface area contributed by atoms with Crippen LogP contribution < -0.4 is 0 Å². The molecule has 64 valence electrons. The summed E-state index contributed by atoms with van der Waals surface area (Å²) in [5.74, 6) is 0. The van der Waals surface area contributed by atoms with Crippen molar-refractivity contribution in [1.82, 2.24) is 4.90 Å². The van der Waals surface area contributed by atoms with Crippen molar-refractivity contribution in [2.45, 2.75) is 19.8 Å². The molecule has 5 nitrogen and oxygen atoms in total. The first kappa shape index (κ1) is 9.74. The van der Waals surface area contributed by atoms with Gasteiger partial charge in [0.25, 0.3) is 0 Å². The molecular formula is C6H11NO4. The first-order chi connectivity index (χ1) is 5.09. The number of rotatable bonds is 3. The van der Waals surface area contributed by atoms with Crippen LogP contribution in [0.5, 0.6) is 0 Å². The van der Waals surface area contributed by atoms with Gasteiger partial charge in [-0.25, -0.2) is 14.5 Å². The number of imide groups is 1. The van der Waals surface area contributed by atoms with Crippen molar-refractivity contribution in [2.24, 2.45) is 0 Å². The third kappa shape index (κ3) is 3.44. The first-order valence-electron chi connectivity index (χ1n) is 3.33. The van der Waals surface area contributed by atoms with Gasteiger partial charge in [-0.1, -0.05) is 13.3 Å². The van der Waals surface area contributed by atoms with E-state index in [0.29, 0.717) is 11.3 Å². The summed E-state index contributed by atoms with van der Waals surface area (Å²) in [5, 5.41) is 16.6. The molecule has 0 aliphatic carbocycles. The quantitative estimate of drug-likeness (QED) is 0.656. The lowest BCUT2D eigenvalue weighted by Crippen LogP contribution is -2.35. The van der Waals surface area contributed by atoms with Gasteiger partial charge >= 0.3 is 12.2 Å². The summed E-state index contributed by atoms with van der Waals surface area (Å²) in [4.78, 5) is 20.8. The molecule has 0 aliphatic heterocycles. The average Bonchev–Trinajstić information content (AvgIpc) is 1.87. The molecule has 2 amide bonds. The molecule has 0 spiro atoms. The van der Waals surface area contributed by atoms with Crippen LogP contribution in [0.4, 0.5) is 9.59 Å². The number of amides is 2. The van der Waals surface area contributed by atoms with Gasteiger partial charge in [0.15, 0.2) is 0 Å². The Hall–Kier alpha value is -1.26. The van der Waals surface area contributed by atoms with Crippen molar-refractivity contribution in [2.75, 3.05) is 6.54 Å². The molecule has 0 aromatic carbocycles. The summed E-state index contributed by atoms with van der Waals surface area (Å²) >= 11 is 0. The summed E-state index contributed by atoms with van der Waals surface area (Å²) in [7, 11) is 0. The minimum absolute atomic E-state index is 0.0567. The van der Waals surface area contributed by atoms with E-state index >= 15 is 0 Å². The van der Waals surface area contributed by atoms with Crippen molar-refractivity contribution in [3.8, 4) is 0 Å². The largest absolute Gasteiger partial charge is 0.465 e. The molecule has 0 aromatic heterocycles. The van der Waals surface area contributed by atoms with Crippen LogP contribution in [0.2, 0.25) is 0 Å². The molecule has 2 N–H and O–H groups in total. The van der Waals surface area contributed by atoms with Gasteiger partial charge in [-0.05, 0) is 6.42 Å². The highest BCUT2D eigenvalue weighted by atomic mass is 16.4. The summed E-state index contributed by atoms with van der Waals surface area (Å²) in [6, 6.07) is 0. The molecule has 0 aromatic rings. The van der Waals surface area contributed by atoms with E-state index in [2.05, 4.69) is 0 Å². The average molecular weight is 161 g/mol. The summed E-state index contributed by atoms with van der Waals surface area (Å²) in [5.41, 5.74) is 0. The number of carboxylic acid groups (broad SMARTS) is 2. The predicted octanol–water partition coefficient (Wildman–Crippen LogP) is 1.44. The third-order valence-electron chi connectivity index (χ3n) is 1.20. The smallest absolute Gasteiger partial charge is 0.416 e. The second-order valence-corrected chi connectivity index (χ2v) is 2.07. The zero-order valence-corrected chi connectivity index (χ0v) is 6.28. The fourth-order valence-electron chi connectivity index (χ4n) is 0.589. The molecule has 0 rings (SSSR count). The van der Waals surface area contributed by atoms with Crippen LogP contribution in [-0.2, 0) is 0 Å². The number of carbonyl (C=O) groups is 2. The van der Waals surface area contributed by atoms with Crippen LogP contribution in [0.3, 0.4) is 0 Å². The molecular weight excluding hydrogens is 150 g/mol. The van der Waals surface area contributed by atoms with Crippen LogP contribution in [0.25, 0.3) is 0 Å². The Kier molecular flexibility index (Phi) is 4.02. The Morgan fingerprint density at radius 2 is 1.73 bits per heavy atom. The molecule has 11 heavy (non-hydrogen) atoms. The SMILES string of the molecule is CCCCN(C(=O)O)C(=O)O. The zero-order valence-electron chi connectivity index (χ0n) is 6.28. The molecule has 0 heterocycles. The molecule has 0 aliphatic rings. The molecule has 0 unspecified atom stereocenters. The van der Waals surface area contributed by atoms with Crippen LogP contribution >= 0.6 is 0 Å². The topological polar surface area (TPSA) is 77.8 Å². The lowest BCUT2D eigenvalue weighted by molar-refractivity contribution is 0.122. The maximum absolute atomic E-state index is 10.2. The van der Waals surface area contributed by atoms with E-state index in [1.165, 1.54) is 0 Å². The number of hydrogen-bond acceptors (Lipinski definition) is 2. The molecule has 0 saturated heterocycles. The lowest BCUT2D eigenvalue weighted by atomic mass is 10.3. The maximum atomic E-state index is 10.2. The monoisotopic (exact) mass is 161 g/mol. The van der Waals surface area contributed by atoms with E-state index in [1.807, 2.05) is 6.92 Å². The standard InChI is InChI=1S/C6H11NO4/c1-2-3-4-7(5(8)9)6(10)11/h2-4H2,1H3,(H,8,9)(H,10,11). The van der Waals surface area contributed by atoms with Gasteiger partial charge in [0, 0.05) is 6.54 Å². The molecule has 5 heteroatoms. The van der Waals surface area contributed by atoms with Crippen molar-refractivity contribution in [1.29, 1.82) is 0 Å². The number of unbranched alkanes of at least 4 members (excludes halogenated alkanes) is 1. The molecule has 0 bridgehead atoms. The van der Waals surface area contributed by atoms with Crippen molar-refractivity contribution < 1.29 is 19.8 Å². The van der Waals surface area contributed by atoms with E-state index in [-0.39, 0.29) is 6.54 Å². The Bertz CT molecular complexity index is 143. The van der Waals surface area contributed by atoms with E-state index in [4.69, 9.17) is 10.2 Å². The van der Waals surface area contributed by atoms with Crippen LogP contribution in [0.1, 0.15) is 19.8 Å². The molecule has 0 fully saturated rings. The summed E-state index contributed by atoms with van der Waals surface area (Å²) < 4.78 is 0. The van der Waals surface area contributed by atoms with Gasteiger partial charge in [-0.15, -0.1) is 0 Å². The van der Waals surface area contributed by atoms with Gasteiger partial charge in [0.1, 0.15) is 0 Å². The summed E-state index contributed by atoms with van der Waals surface area (Å²) in [6.07, 6.45) is -1.48. The van der Waals surface area contributed by atoms with E-state index in [1.54, 1.807) is 0 Å². The van der Waals surface area contributed by atoms with Gasteiger partial charge in [0.05, 0.1) is 0 Å². The number of hydrogen-bond donors (Lipinski definition) is 2. The van der Waals surface area contributed by atoms with Crippen molar-refractivity contribution >= 4 is 12.2 Å². The van der Waals surface area contributed by atoms with Crippen LogP contribution in [0, 0.1) is 0 Å². The fourth-order valence-corrected chi connectivity index (χ4v) is 0.589. The molecule has 0 atom stereocenters. The highest BCUT2D eigenvalue weighted by Gasteiger charge is 2.17. The lowest BCUT2D eigenvalue weighted by Gasteiger charge is -2.11. The Morgan fingerprint density at radius 1 is 1.27 bits per heavy atom. The van der Waals surface area contributed by atoms with Crippen LogP contribution in [0.15, 0.2) is 0 Å². The minimum Gasteiger partial charge on any atom is -0.465 e. The normalized spacial score (nSPS) is 9.18. The van der Waals surface area contributed by atoms with E-state index in [0.717, 1.165) is 6.42 Å². The summed E-state index contributed by atoms with van der Waals surface area (Å²) in [6.45, 7) is 1.92. The molecule has 0 saturated carbocycles. The van der Waals surface area contributed by atoms with Gasteiger partial charge < -0.3 is 10.2 Å². The van der Waals surface area contributed by atoms with Gasteiger partial charge in [0.2, 0.25) is 0 Å². The second-order valence-electron chi connectivity index (χ2n) is 2.07. The number of nitrogens with zero attached hydrogens (tertiary/aromatic N) is 1. The zero-order chi connectivity index (χ0) is 8.85. The van der Waals surface area contributed by atoms with Crippen molar-refractivity contribution in [3.05, 3.63) is 0 Å². The predicted molar refractivity (Wildman–Crippen MR) is 37.7 cm³/mol. The highest BCUT2D eigenvalue weighted by Crippen LogP contribution is 1.95. The van der Waals surface area contributed by atoms with E-state index < -0.39 is 12.2 Å². The van der Waals surface area contributed by atoms with Gasteiger partial charge in [-0.2, -0.15) is 0 Å². The second kappa shape index (κ2) is 4.54. The van der Waals surface area contributed by atoms with Gasteiger partial charge in [-0.3, -0.25) is 0 Å². The fraction of sp³-hybridized carbons (Fsp3) is 0.667. The highest BCUT2D eigenvalue weighted by molar-refractivity contribution is 5.85. The van der Waals surface area contributed by atoms with Crippen LogP contribution in [-0.4, -0.2) is 33.8 Å². The van der Waals surface area contributed by atoms with Crippen molar-refractivity contribution in [3.63, 3.8) is 0 Å². The third-order valence-corrected chi connectivity index (χ3v) is 1.20. The first-order valence-corrected chi connectivity index (χ1v) is 3.33. The Labute approximate surface area is 64.2 Å². The minimum atomic E-state index is -1.41. The maximum Gasteiger partial charge on any atom is 0.416 e. The van der Waals surface area contributed by atoms with E-state index in [9.17, 15) is 9.59 Å². The Morgan fingerprint density at radius 3 is 2.00 bits per heavy atom.